The van der Waals surface area contributed by atoms with Crippen LogP contribution in [0.2, 0.25) is 0 Å². The fraction of sp³-hybridized carbons (Fsp3) is 0.533. The second kappa shape index (κ2) is 8.97. The van der Waals surface area contributed by atoms with Crippen LogP contribution >= 0.6 is 15.9 Å². The van der Waals surface area contributed by atoms with E-state index in [0.717, 1.165) is 36.9 Å². The van der Waals surface area contributed by atoms with Crippen LogP contribution in [0, 0.1) is 0 Å². The highest BCUT2D eigenvalue weighted by atomic mass is 79.9. The molecule has 0 N–H and O–H groups in total. The topological polar surface area (TPSA) is 29.5 Å². The molecule has 106 valence electrons. The number of nitrogens with zero attached hydrogens (tertiary/aromatic N) is 1. The van der Waals surface area contributed by atoms with Gasteiger partial charge in [-0.15, -0.1) is 0 Å². The zero-order valence-electron chi connectivity index (χ0n) is 11.7. The molecule has 1 rings (SSSR count). The fourth-order valence-electron chi connectivity index (χ4n) is 1.68. The molecule has 1 aromatic carbocycles. The first-order chi connectivity index (χ1) is 9.19. The Labute approximate surface area is 124 Å². The van der Waals surface area contributed by atoms with Crippen LogP contribution in [0.4, 0.5) is 0 Å². The van der Waals surface area contributed by atoms with Gasteiger partial charge in [-0.25, -0.2) is 0 Å². The van der Waals surface area contributed by atoms with Crippen molar-refractivity contribution in [3.05, 3.63) is 29.8 Å². The van der Waals surface area contributed by atoms with Crippen molar-refractivity contribution < 1.29 is 9.53 Å². The number of hydrogen-bond acceptors (Lipinski definition) is 2. The van der Waals surface area contributed by atoms with Gasteiger partial charge in [0.25, 0.3) is 5.91 Å². The van der Waals surface area contributed by atoms with Gasteiger partial charge in [0, 0.05) is 24.5 Å². The van der Waals surface area contributed by atoms with Gasteiger partial charge in [0.1, 0.15) is 5.75 Å². The third-order valence-corrected chi connectivity index (χ3v) is 3.38. The summed E-state index contributed by atoms with van der Waals surface area (Å²) >= 11 is 3.36. The van der Waals surface area contributed by atoms with E-state index in [1.807, 2.05) is 31.3 Å². The average molecular weight is 328 g/mol. The largest absolute Gasteiger partial charge is 0.494 e. The van der Waals surface area contributed by atoms with Crippen molar-refractivity contribution in [1.82, 2.24) is 4.90 Å². The summed E-state index contributed by atoms with van der Waals surface area (Å²) in [7, 11) is 1.84. The molecular formula is C15H22BrNO2. The van der Waals surface area contributed by atoms with Gasteiger partial charge in [-0.1, -0.05) is 35.3 Å². The third kappa shape index (κ3) is 5.64. The van der Waals surface area contributed by atoms with E-state index in [4.69, 9.17) is 4.74 Å². The number of hydrogen-bond donors (Lipinski definition) is 0. The molecule has 0 saturated carbocycles. The first kappa shape index (κ1) is 16.0. The van der Waals surface area contributed by atoms with Gasteiger partial charge in [-0.3, -0.25) is 4.79 Å². The average Bonchev–Trinajstić information content (AvgIpc) is 2.44. The molecule has 0 atom stereocenters. The van der Waals surface area contributed by atoms with Gasteiger partial charge in [0.05, 0.1) is 6.61 Å². The lowest BCUT2D eigenvalue weighted by atomic mass is 10.2. The Kier molecular flexibility index (Phi) is 7.56. The molecule has 0 aliphatic heterocycles. The van der Waals surface area contributed by atoms with E-state index in [9.17, 15) is 4.79 Å². The molecule has 1 aromatic rings. The van der Waals surface area contributed by atoms with E-state index in [-0.39, 0.29) is 5.91 Å². The Morgan fingerprint density at radius 2 is 2.16 bits per heavy atom. The summed E-state index contributed by atoms with van der Waals surface area (Å²) in [5, 5.41) is 0.922. The lowest BCUT2D eigenvalue weighted by Gasteiger charge is -2.17. The van der Waals surface area contributed by atoms with Crippen molar-refractivity contribution >= 4 is 21.8 Å². The summed E-state index contributed by atoms with van der Waals surface area (Å²) in [6.45, 7) is 3.58. The van der Waals surface area contributed by atoms with E-state index in [0.29, 0.717) is 12.2 Å². The highest BCUT2D eigenvalue weighted by molar-refractivity contribution is 9.09. The van der Waals surface area contributed by atoms with Gasteiger partial charge in [-0.05, 0) is 31.0 Å². The van der Waals surface area contributed by atoms with Gasteiger partial charge in [0.2, 0.25) is 0 Å². The Bertz CT molecular complexity index is 395. The SMILES string of the molecule is CCCCN(C)C(=O)c1cccc(OCCCBr)c1. The van der Waals surface area contributed by atoms with Gasteiger partial charge in [-0.2, -0.15) is 0 Å². The summed E-state index contributed by atoms with van der Waals surface area (Å²) in [6.07, 6.45) is 3.07. The van der Waals surface area contributed by atoms with E-state index < -0.39 is 0 Å². The maximum Gasteiger partial charge on any atom is 0.253 e. The van der Waals surface area contributed by atoms with Crippen LogP contribution < -0.4 is 4.74 Å². The summed E-state index contributed by atoms with van der Waals surface area (Å²) in [4.78, 5) is 14.0. The van der Waals surface area contributed by atoms with E-state index in [1.54, 1.807) is 4.90 Å². The van der Waals surface area contributed by atoms with Gasteiger partial charge in [0.15, 0.2) is 0 Å². The Morgan fingerprint density at radius 1 is 1.37 bits per heavy atom. The van der Waals surface area contributed by atoms with Crippen molar-refractivity contribution in [3.8, 4) is 5.75 Å². The van der Waals surface area contributed by atoms with E-state index in [2.05, 4.69) is 22.9 Å². The van der Waals surface area contributed by atoms with Gasteiger partial charge < -0.3 is 9.64 Å². The number of alkyl halides is 1. The minimum atomic E-state index is 0.0550. The summed E-state index contributed by atoms with van der Waals surface area (Å²) < 4.78 is 5.60. The smallest absolute Gasteiger partial charge is 0.253 e. The summed E-state index contributed by atoms with van der Waals surface area (Å²) in [6, 6.07) is 7.41. The lowest BCUT2D eigenvalue weighted by molar-refractivity contribution is 0.0793. The molecule has 0 unspecified atom stereocenters. The standard InChI is InChI=1S/C15H22BrNO2/c1-3-4-10-17(2)15(18)13-7-5-8-14(12-13)19-11-6-9-16/h5,7-8,12H,3-4,6,9-11H2,1-2H3. The molecule has 0 aliphatic carbocycles. The van der Waals surface area contributed by atoms with Crippen LogP contribution in [0.5, 0.6) is 5.75 Å². The molecule has 0 heterocycles. The fourth-order valence-corrected chi connectivity index (χ4v) is 1.91. The molecule has 0 bridgehead atoms. The molecule has 4 heteroatoms. The van der Waals surface area contributed by atoms with Crippen molar-refractivity contribution in [2.45, 2.75) is 26.2 Å². The van der Waals surface area contributed by atoms with Crippen LogP contribution in [-0.4, -0.2) is 36.3 Å². The second-order valence-electron chi connectivity index (χ2n) is 4.50. The van der Waals surface area contributed by atoms with Crippen LogP contribution in [0.1, 0.15) is 36.5 Å². The normalized spacial score (nSPS) is 10.3. The van der Waals surface area contributed by atoms with Crippen molar-refractivity contribution in [2.75, 3.05) is 25.5 Å². The first-order valence-corrected chi connectivity index (χ1v) is 7.85. The predicted molar refractivity (Wildman–Crippen MR) is 82.2 cm³/mol. The zero-order chi connectivity index (χ0) is 14.1. The maximum absolute atomic E-state index is 12.2. The van der Waals surface area contributed by atoms with E-state index >= 15 is 0 Å². The quantitative estimate of drug-likeness (QED) is 0.538. The molecule has 0 aliphatic rings. The summed E-state index contributed by atoms with van der Waals surface area (Å²) in [5.74, 6) is 0.815. The van der Waals surface area contributed by atoms with Crippen LogP contribution in [0.25, 0.3) is 0 Å². The monoisotopic (exact) mass is 327 g/mol. The predicted octanol–water partition coefficient (Wildman–Crippen LogP) is 3.72. The maximum atomic E-state index is 12.2. The molecule has 0 radical (unpaired) electrons. The Hall–Kier alpha value is -1.03. The molecule has 3 nitrogen and oxygen atoms in total. The number of rotatable bonds is 8. The molecule has 1 amide bonds. The molecule has 0 spiro atoms. The number of benzene rings is 1. The molecule has 19 heavy (non-hydrogen) atoms. The van der Waals surface area contributed by atoms with Crippen LogP contribution in [0.3, 0.4) is 0 Å². The highest BCUT2D eigenvalue weighted by Gasteiger charge is 2.11. The van der Waals surface area contributed by atoms with Crippen LogP contribution in [-0.2, 0) is 0 Å². The lowest BCUT2D eigenvalue weighted by Crippen LogP contribution is -2.27. The summed E-state index contributed by atoms with van der Waals surface area (Å²) in [5.41, 5.74) is 0.690. The third-order valence-electron chi connectivity index (χ3n) is 2.82. The van der Waals surface area contributed by atoms with Gasteiger partial charge >= 0.3 is 0 Å². The Morgan fingerprint density at radius 3 is 2.84 bits per heavy atom. The number of amides is 1. The molecule has 0 fully saturated rings. The van der Waals surface area contributed by atoms with Crippen LogP contribution in [0.15, 0.2) is 24.3 Å². The van der Waals surface area contributed by atoms with Crippen molar-refractivity contribution in [2.24, 2.45) is 0 Å². The zero-order valence-corrected chi connectivity index (χ0v) is 13.3. The number of carbonyl (C=O) groups is 1. The molecular weight excluding hydrogens is 306 g/mol. The number of ether oxygens (including phenoxy) is 1. The number of unbranched alkanes of at least 4 members (excludes halogenated alkanes) is 1. The first-order valence-electron chi connectivity index (χ1n) is 6.73. The van der Waals surface area contributed by atoms with Crippen molar-refractivity contribution in [1.29, 1.82) is 0 Å². The minimum Gasteiger partial charge on any atom is -0.494 e. The van der Waals surface area contributed by atoms with Crippen molar-refractivity contribution in [3.63, 3.8) is 0 Å². The minimum absolute atomic E-state index is 0.0550. The van der Waals surface area contributed by atoms with E-state index in [1.165, 1.54) is 0 Å². The highest BCUT2D eigenvalue weighted by Crippen LogP contribution is 2.15. The number of carbonyl (C=O) groups excluding carboxylic acids is 1. The molecule has 0 aromatic heterocycles. The number of halogens is 1. The molecule has 0 saturated heterocycles. The Balaban J connectivity index is 2.61. The second-order valence-corrected chi connectivity index (χ2v) is 5.29.